The van der Waals surface area contributed by atoms with Crippen LogP contribution in [0.3, 0.4) is 0 Å². The summed E-state index contributed by atoms with van der Waals surface area (Å²) in [6.07, 6.45) is 3.43. The monoisotopic (exact) mass is 278 g/mol. The topological polar surface area (TPSA) is 84.6 Å². The maximum absolute atomic E-state index is 11.7. The largest absolute Gasteiger partial charge is 0.482 e. The van der Waals surface area contributed by atoms with Gasteiger partial charge in [0.1, 0.15) is 5.75 Å². The Morgan fingerprint density at radius 3 is 2.70 bits per heavy atom. The SMILES string of the molecule is Nc1ccccc1OCC(=O)NCC1CCC(O)CC1. The van der Waals surface area contributed by atoms with Gasteiger partial charge in [-0.1, -0.05) is 12.1 Å². The lowest BCUT2D eigenvalue weighted by atomic mass is 9.87. The lowest BCUT2D eigenvalue weighted by Gasteiger charge is -2.25. The number of para-hydroxylation sites is 2. The maximum atomic E-state index is 11.7. The zero-order valence-corrected chi connectivity index (χ0v) is 11.5. The molecule has 1 amide bonds. The molecular formula is C15H22N2O3. The molecule has 1 aliphatic rings. The molecule has 0 spiro atoms. The maximum Gasteiger partial charge on any atom is 0.257 e. The zero-order chi connectivity index (χ0) is 14.4. The van der Waals surface area contributed by atoms with Crippen molar-refractivity contribution in [2.75, 3.05) is 18.9 Å². The van der Waals surface area contributed by atoms with E-state index in [-0.39, 0.29) is 18.6 Å². The van der Waals surface area contributed by atoms with Gasteiger partial charge in [0.2, 0.25) is 0 Å². The van der Waals surface area contributed by atoms with Crippen molar-refractivity contribution < 1.29 is 14.6 Å². The molecule has 1 aromatic carbocycles. The van der Waals surface area contributed by atoms with Gasteiger partial charge in [-0.25, -0.2) is 0 Å². The summed E-state index contributed by atoms with van der Waals surface area (Å²) in [6.45, 7) is 0.628. The van der Waals surface area contributed by atoms with Crippen LogP contribution in [0.1, 0.15) is 25.7 Å². The third-order valence-electron chi connectivity index (χ3n) is 3.68. The van der Waals surface area contributed by atoms with Crippen molar-refractivity contribution >= 4 is 11.6 Å². The van der Waals surface area contributed by atoms with E-state index in [1.54, 1.807) is 12.1 Å². The number of aliphatic hydroxyl groups is 1. The smallest absolute Gasteiger partial charge is 0.257 e. The molecule has 0 unspecified atom stereocenters. The first-order valence-corrected chi connectivity index (χ1v) is 7.07. The van der Waals surface area contributed by atoms with Crippen molar-refractivity contribution in [2.24, 2.45) is 5.92 Å². The summed E-state index contributed by atoms with van der Waals surface area (Å²) >= 11 is 0. The number of rotatable bonds is 5. The molecule has 0 aliphatic heterocycles. The highest BCUT2D eigenvalue weighted by Gasteiger charge is 2.19. The minimum Gasteiger partial charge on any atom is -0.482 e. The van der Waals surface area contributed by atoms with Crippen LogP contribution in [-0.4, -0.2) is 30.3 Å². The number of benzene rings is 1. The van der Waals surface area contributed by atoms with Crippen LogP contribution in [0.15, 0.2) is 24.3 Å². The Bertz CT molecular complexity index is 442. The Labute approximate surface area is 119 Å². The van der Waals surface area contributed by atoms with Gasteiger partial charge in [0, 0.05) is 6.54 Å². The van der Waals surface area contributed by atoms with Crippen LogP contribution in [0.4, 0.5) is 5.69 Å². The minimum atomic E-state index is -0.161. The van der Waals surface area contributed by atoms with Gasteiger partial charge in [-0.2, -0.15) is 0 Å². The summed E-state index contributed by atoms with van der Waals surface area (Å²) in [4.78, 5) is 11.7. The molecule has 1 aromatic rings. The van der Waals surface area contributed by atoms with Gasteiger partial charge in [0.15, 0.2) is 6.61 Å². The Morgan fingerprint density at radius 1 is 1.30 bits per heavy atom. The van der Waals surface area contributed by atoms with Crippen molar-refractivity contribution in [3.05, 3.63) is 24.3 Å². The van der Waals surface area contributed by atoms with E-state index in [0.717, 1.165) is 25.7 Å². The van der Waals surface area contributed by atoms with Crippen LogP contribution < -0.4 is 15.8 Å². The summed E-state index contributed by atoms with van der Waals surface area (Å²) < 4.78 is 5.38. The second kappa shape index (κ2) is 7.14. The van der Waals surface area contributed by atoms with Crippen molar-refractivity contribution in [1.82, 2.24) is 5.32 Å². The minimum absolute atomic E-state index is 0.0242. The molecule has 5 nitrogen and oxygen atoms in total. The highest BCUT2D eigenvalue weighted by atomic mass is 16.5. The van der Waals surface area contributed by atoms with E-state index in [1.807, 2.05) is 12.1 Å². The van der Waals surface area contributed by atoms with Gasteiger partial charge < -0.3 is 20.9 Å². The van der Waals surface area contributed by atoms with Crippen molar-refractivity contribution in [2.45, 2.75) is 31.8 Å². The summed E-state index contributed by atoms with van der Waals surface area (Å²) in [5.74, 6) is 0.854. The number of nitrogens with two attached hydrogens (primary N) is 1. The van der Waals surface area contributed by atoms with Crippen LogP contribution in [0.5, 0.6) is 5.75 Å². The molecule has 1 fully saturated rings. The highest BCUT2D eigenvalue weighted by Crippen LogP contribution is 2.23. The summed E-state index contributed by atoms with van der Waals surface area (Å²) in [6, 6.07) is 7.11. The number of nitrogen functional groups attached to an aromatic ring is 1. The predicted octanol–water partition coefficient (Wildman–Crippen LogP) is 1.31. The number of amides is 1. The molecule has 1 aliphatic carbocycles. The zero-order valence-electron chi connectivity index (χ0n) is 11.5. The van der Waals surface area contributed by atoms with E-state index in [1.165, 1.54) is 0 Å². The molecule has 5 heteroatoms. The molecule has 4 N–H and O–H groups in total. The summed E-state index contributed by atoms with van der Waals surface area (Å²) in [5, 5.41) is 12.3. The molecule has 0 radical (unpaired) electrons. The fourth-order valence-electron chi connectivity index (χ4n) is 2.41. The number of nitrogens with one attached hydrogen (secondary N) is 1. The number of hydrogen-bond donors (Lipinski definition) is 3. The first-order chi connectivity index (χ1) is 9.65. The second-order valence-corrected chi connectivity index (χ2v) is 5.31. The van der Waals surface area contributed by atoms with Crippen LogP contribution in [0, 0.1) is 5.92 Å². The average molecular weight is 278 g/mol. The van der Waals surface area contributed by atoms with Crippen molar-refractivity contribution in [3.63, 3.8) is 0 Å². The molecule has 0 aromatic heterocycles. The van der Waals surface area contributed by atoms with E-state index in [2.05, 4.69) is 5.32 Å². The normalized spacial score (nSPS) is 22.2. The van der Waals surface area contributed by atoms with E-state index >= 15 is 0 Å². The second-order valence-electron chi connectivity index (χ2n) is 5.31. The lowest BCUT2D eigenvalue weighted by molar-refractivity contribution is -0.123. The van der Waals surface area contributed by atoms with E-state index in [0.29, 0.717) is 23.9 Å². The number of hydrogen-bond acceptors (Lipinski definition) is 4. The highest BCUT2D eigenvalue weighted by molar-refractivity contribution is 5.77. The quantitative estimate of drug-likeness (QED) is 0.709. The van der Waals surface area contributed by atoms with Gasteiger partial charge in [0.05, 0.1) is 11.8 Å². The van der Waals surface area contributed by atoms with Gasteiger partial charge >= 0.3 is 0 Å². The van der Waals surface area contributed by atoms with Crippen LogP contribution in [0.2, 0.25) is 0 Å². The van der Waals surface area contributed by atoms with Gasteiger partial charge in [0.25, 0.3) is 5.91 Å². The fraction of sp³-hybridized carbons (Fsp3) is 0.533. The van der Waals surface area contributed by atoms with Crippen LogP contribution in [0.25, 0.3) is 0 Å². The Balaban J connectivity index is 1.67. The number of carbonyl (C=O) groups excluding carboxylic acids is 1. The third-order valence-corrected chi connectivity index (χ3v) is 3.68. The number of carbonyl (C=O) groups is 1. The molecule has 2 rings (SSSR count). The Kier molecular flexibility index (Phi) is 5.24. The van der Waals surface area contributed by atoms with Gasteiger partial charge in [-0.05, 0) is 43.7 Å². The summed E-state index contributed by atoms with van der Waals surface area (Å²) in [5.41, 5.74) is 6.26. The molecule has 20 heavy (non-hydrogen) atoms. The van der Waals surface area contributed by atoms with Crippen LogP contribution >= 0.6 is 0 Å². The number of anilines is 1. The van der Waals surface area contributed by atoms with E-state index in [9.17, 15) is 9.90 Å². The number of aliphatic hydroxyl groups excluding tert-OH is 1. The molecule has 0 heterocycles. The summed E-state index contributed by atoms with van der Waals surface area (Å²) in [7, 11) is 0. The van der Waals surface area contributed by atoms with Crippen LogP contribution in [-0.2, 0) is 4.79 Å². The lowest BCUT2D eigenvalue weighted by Crippen LogP contribution is -2.35. The van der Waals surface area contributed by atoms with Crippen molar-refractivity contribution in [1.29, 1.82) is 0 Å². The van der Waals surface area contributed by atoms with Gasteiger partial charge in [-0.15, -0.1) is 0 Å². The number of ether oxygens (including phenoxy) is 1. The third kappa shape index (κ3) is 4.42. The van der Waals surface area contributed by atoms with E-state index in [4.69, 9.17) is 10.5 Å². The first-order valence-electron chi connectivity index (χ1n) is 7.07. The van der Waals surface area contributed by atoms with Crippen molar-refractivity contribution in [3.8, 4) is 5.75 Å². The predicted molar refractivity (Wildman–Crippen MR) is 77.3 cm³/mol. The Hall–Kier alpha value is -1.75. The van der Waals surface area contributed by atoms with E-state index < -0.39 is 0 Å². The van der Waals surface area contributed by atoms with Gasteiger partial charge in [-0.3, -0.25) is 4.79 Å². The fourth-order valence-corrected chi connectivity index (χ4v) is 2.41. The first kappa shape index (κ1) is 14.7. The molecule has 0 bridgehead atoms. The molecule has 110 valence electrons. The molecule has 0 saturated heterocycles. The molecular weight excluding hydrogens is 256 g/mol. The molecule has 1 saturated carbocycles. The molecule has 0 atom stereocenters. The Morgan fingerprint density at radius 2 is 2.00 bits per heavy atom. The average Bonchev–Trinajstić information content (AvgIpc) is 2.46. The standard InChI is InChI=1S/C15H22N2O3/c16-13-3-1-2-4-14(13)20-10-15(19)17-9-11-5-7-12(18)8-6-11/h1-4,11-12,18H,5-10,16H2,(H,17,19).